The van der Waals surface area contributed by atoms with Crippen molar-refractivity contribution in [1.82, 2.24) is 0 Å². The maximum absolute atomic E-state index is 12.2. The molecule has 258 valence electrons. The summed E-state index contributed by atoms with van der Waals surface area (Å²) >= 11 is 0. The molecule has 0 aliphatic rings. The molecule has 0 aromatic heterocycles. The topological polar surface area (TPSA) is 37.3 Å². The van der Waals surface area contributed by atoms with E-state index in [1.165, 1.54) is 199 Å². The first-order valence-electron chi connectivity index (χ1n) is 20.4. The van der Waals surface area contributed by atoms with Crippen molar-refractivity contribution in [3.05, 3.63) is 0 Å². The van der Waals surface area contributed by atoms with Gasteiger partial charge in [-0.2, -0.15) is 0 Å². The third-order valence-electron chi connectivity index (χ3n) is 10.1. The van der Waals surface area contributed by atoms with Gasteiger partial charge in [0.15, 0.2) is 0 Å². The molecule has 0 heterocycles. The van der Waals surface area contributed by atoms with Crippen LogP contribution in [0.5, 0.6) is 0 Å². The van der Waals surface area contributed by atoms with E-state index in [4.69, 9.17) is 0 Å². The van der Waals surface area contributed by atoms with Crippen LogP contribution in [0.15, 0.2) is 0 Å². The van der Waals surface area contributed by atoms with Crippen molar-refractivity contribution in [2.24, 2.45) is 11.8 Å². The second kappa shape index (κ2) is 35.9. The van der Waals surface area contributed by atoms with E-state index in [-0.39, 0.29) is 5.92 Å². The number of carboxylic acids is 1. The summed E-state index contributed by atoms with van der Waals surface area (Å²) in [5, 5.41) is 10.1. The van der Waals surface area contributed by atoms with Gasteiger partial charge >= 0.3 is 5.97 Å². The maximum Gasteiger partial charge on any atom is 0.306 e. The van der Waals surface area contributed by atoms with Crippen molar-refractivity contribution < 1.29 is 9.90 Å². The largest absolute Gasteiger partial charge is 0.481 e. The minimum Gasteiger partial charge on any atom is -0.481 e. The summed E-state index contributed by atoms with van der Waals surface area (Å²) in [4.78, 5) is 12.2. The fraction of sp³-hybridized carbons (Fsp3) is 0.976. The molecule has 0 amide bonds. The zero-order valence-corrected chi connectivity index (χ0v) is 30.3. The Balaban J connectivity index is 4.01. The molecular weight excluding hydrogens is 524 g/mol. The summed E-state index contributed by atoms with van der Waals surface area (Å²) in [5.74, 6) is -0.235. The highest BCUT2D eigenvalue weighted by Gasteiger charge is 2.26. The van der Waals surface area contributed by atoms with Crippen molar-refractivity contribution in [3.8, 4) is 0 Å². The van der Waals surface area contributed by atoms with Gasteiger partial charge in [-0.1, -0.05) is 226 Å². The third kappa shape index (κ3) is 31.2. The van der Waals surface area contributed by atoms with E-state index in [9.17, 15) is 9.90 Å². The van der Waals surface area contributed by atoms with Crippen molar-refractivity contribution in [2.75, 3.05) is 0 Å². The smallest absolute Gasteiger partial charge is 0.306 e. The summed E-state index contributed by atoms with van der Waals surface area (Å²) in [7, 11) is 0. The average molecular weight is 607 g/mol. The van der Waals surface area contributed by atoms with Crippen LogP contribution in [0.1, 0.15) is 245 Å². The molecule has 2 atom stereocenters. The molecule has 43 heavy (non-hydrogen) atoms. The highest BCUT2D eigenvalue weighted by Crippen LogP contribution is 2.30. The number of hydrogen-bond donors (Lipinski definition) is 1. The fourth-order valence-corrected chi connectivity index (χ4v) is 7.10. The highest BCUT2D eigenvalue weighted by molar-refractivity contribution is 5.70. The molecule has 0 saturated heterocycles. The van der Waals surface area contributed by atoms with Crippen LogP contribution >= 0.6 is 0 Å². The first-order chi connectivity index (χ1) is 21.2. The van der Waals surface area contributed by atoms with Crippen molar-refractivity contribution in [3.63, 3.8) is 0 Å². The van der Waals surface area contributed by atoms with Crippen molar-refractivity contribution in [2.45, 2.75) is 245 Å². The Morgan fingerprint density at radius 3 is 0.814 bits per heavy atom. The summed E-state index contributed by atoms with van der Waals surface area (Å²) in [6.07, 6.45) is 46.9. The molecule has 0 rings (SSSR count). The third-order valence-corrected chi connectivity index (χ3v) is 10.1. The van der Waals surface area contributed by atoms with Gasteiger partial charge in [0, 0.05) is 0 Å². The first kappa shape index (κ1) is 42.5. The fourth-order valence-electron chi connectivity index (χ4n) is 7.10. The van der Waals surface area contributed by atoms with Crippen LogP contribution in [-0.2, 0) is 4.79 Å². The molecule has 0 radical (unpaired) electrons. The van der Waals surface area contributed by atoms with Crippen molar-refractivity contribution >= 4 is 5.97 Å². The van der Waals surface area contributed by atoms with E-state index in [1.54, 1.807) is 0 Å². The van der Waals surface area contributed by atoms with Crippen LogP contribution in [-0.4, -0.2) is 11.1 Å². The van der Waals surface area contributed by atoms with E-state index in [0.29, 0.717) is 5.92 Å². The van der Waals surface area contributed by atoms with E-state index >= 15 is 0 Å². The zero-order chi connectivity index (χ0) is 31.5. The molecule has 0 bridgehead atoms. The van der Waals surface area contributed by atoms with Crippen LogP contribution in [0, 0.1) is 11.8 Å². The van der Waals surface area contributed by atoms with Crippen molar-refractivity contribution in [1.29, 1.82) is 0 Å². The van der Waals surface area contributed by atoms with Gasteiger partial charge in [0.25, 0.3) is 0 Å². The van der Waals surface area contributed by atoms with E-state index in [2.05, 4.69) is 20.8 Å². The summed E-state index contributed by atoms with van der Waals surface area (Å²) in [6.45, 7) is 6.81. The maximum atomic E-state index is 12.2. The predicted molar refractivity (Wildman–Crippen MR) is 193 cm³/mol. The lowest BCUT2D eigenvalue weighted by atomic mass is 9.80. The van der Waals surface area contributed by atoms with Gasteiger partial charge in [0.2, 0.25) is 0 Å². The molecule has 0 saturated carbocycles. The highest BCUT2D eigenvalue weighted by atomic mass is 16.4. The SMILES string of the molecule is CCCCCCCCCCCCCCCCCC(CCCCCCCCCCCCCCCC)C(CCCCC)C(=O)O. The Morgan fingerprint density at radius 2 is 0.558 bits per heavy atom. The van der Waals surface area contributed by atoms with Gasteiger partial charge in [-0.3, -0.25) is 4.79 Å². The monoisotopic (exact) mass is 607 g/mol. The molecule has 0 aliphatic carbocycles. The minimum atomic E-state index is -0.521. The van der Waals surface area contributed by atoms with Crippen LogP contribution in [0.25, 0.3) is 0 Å². The molecule has 1 N–H and O–H groups in total. The normalized spacial score (nSPS) is 13.0. The lowest BCUT2D eigenvalue weighted by molar-refractivity contribution is -0.144. The lowest BCUT2D eigenvalue weighted by Gasteiger charge is -2.24. The molecule has 0 aromatic carbocycles. The quantitative estimate of drug-likeness (QED) is 0.0714. The number of carboxylic acid groups (broad SMARTS) is 1. The van der Waals surface area contributed by atoms with Gasteiger partial charge < -0.3 is 5.11 Å². The molecular formula is C41H82O2. The molecule has 0 aliphatic heterocycles. The molecule has 2 heteroatoms. The number of unbranched alkanes of at least 4 members (excludes halogenated alkanes) is 29. The summed E-state index contributed by atoms with van der Waals surface area (Å²) in [6, 6.07) is 0. The van der Waals surface area contributed by atoms with Gasteiger partial charge in [0.1, 0.15) is 0 Å². The Bertz CT molecular complexity index is 530. The summed E-state index contributed by atoms with van der Waals surface area (Å²) < 4.78 is 0. The standard InChI is InChI=1S/C41H82O2/c1-4-7-10-12-14-16-18-20-22-24-26-28-30-32-35-37-39(40(41(42)43)38-33-9-6-3)36-34-31-29-27-25-23-21-19-17-15-13-11-8-5-2/h39-40H,4-38H2,1-3H3,(H,42,43). The predicted octanol–water partition coefficient (Wildman–Crippen LogP) is 15.0. The molecule has 2 unspecified atom stereocenters. The number of aliphatic carboxylic acids is 1. The van der Waals surface area contributed by atoms with Crippen LogP contribution in [0.3, 0.4) is 0 Å². The molecule has 2 nitrogen and oxygen atoms in total. The van der Waals surface area contributed by atoms with Gasteiger partial charge in [-0.15, -0.1) is 0 Å². The molecule has 0 spiro atoms. The Morgan fingerprint density at radius 1 is 0.349 bits per heavy atom. The minimum absolute atomic E-state index is 0.111. The van der Waals surface area contributed by atoms with Gasteiger partial charge in [-0.05, 0) is 25.2 Å². The zero-order valence-electron chi connectivity index (χ0n) is 30.3. The number of rotatable bonds is 37. The first-order valence-corrected chi connectivity index (χ1v) is 20.4. The number of hydrogen-bond acceptors (Lipinski definition) is 1. The van der Waals surface area contributed by atoms with Gasteiger partial charge in [-0.25, -0.2) is 0 Å². The summed E-state index contributed by atoms with van der Waals surface area (Å²) in [5.41, 5.74) is 0. The lowest BCUT2D eigenvalue weighted by Crippen LogP contribution is -2.24. The Hall–Kier alpha value is -0.530. The average Bonchev–Trinajstić information content (AvgIpc) is 3.00. The van der Waals surface area contributed by atoms with Crippen LogP contribution in [0.4, 0.5) is 0 Å². The second-order valence-corrected chi connectivity index (χ2v) is 14.3. The second-order valence-electron chi connectivity index (χ2n) is 14.3. The van der Waals surface area contributed by atoms with E-state index in [1.807, 2.05) is 0 Å². The van der Waals surface area contributed by atoms with Crippen LogP contribution < -0.4 is 0 Å². The number of carbonyl (C=O) groups is 1. The van der Waals surface area contributed by atoms with E-state index < -0.39 is 5.97 Å². The molecule has 0 aromatic rings. The molecule has 0 fully saturated rings. The van der Waals surface area contributed by atoms with E-state index in [0.717, 1.165) is 25.7 Å². The van der Waals surface area contributed by atoms with Crippen LogP contribution in [0.2, 0.25) is 0 Å². The van der Waals surface area contributed by atoms with Gasteiger partial charge in [0.05, 0.1) is 5.92 Å². The Labute approximate surface area is 272 Å². The Kier molecular flexibility index (Phi) is 35.5.